The van der Waals surface area contributed by atoms with Crippen molar-refractivity contribution in [2.75, 3.05) is 13.2 Å². The van der Waals surface area contributed by atoms with Gasteiger partial charge in [0, 0.05) is 6.42 Å². The van der Waals surface area contributed by atoms with Crippen molar-refractivity contribution in [3.63, 3.8) is 0 Å². The predicted molar refractivity (Wildman–Crippen MR) is 291 cm³/mol. The lowest BCUT2D eigenvalue weighted by molar-refractivity contribution is -0.302. The van der Waals surface area contributed by atoms with Crippen LogP contribution in [-0.4, -0.2) is 87.5 Å². The van der Waals surface area contributed by atoms with Crippen molar-refractivity contribution in [3.8, 4) is 0 Å². The number of carbonyl (C=O) groups is 1. The van der Waals surface area contributed by atoms with E-state index in [1.807, 2.05) is 0 Å². The quantitative estimate of drug-likeness (QED) is 0.0330. The number of unbranched alkanes of at least 4 members (excludes halogenated alkanes) is 44. The fraction of sp³-hybridized carbons (Fsp3) is 0.983. The molecule has 1 rings (SSSR count). The van der Waals surface area contributed by atoms with Crippen LogP contribution in [0.3, 0.4) is 0 Å². The first-order valence-electron chi connectivity index (χ1n) is 30.7. The van der Waals surface area contributed by atoms with Crippen molar-refractivity contribution < 1.29 is 39.8 Å². The van der Waals surface area contributed by atoms with Crippen molar-refractivity contribution in [2.45, 2.75) is 365 Å². The minimum absolute atomic E-state index is 0.132. The molecule has 0 aromatic heterocycles. The van der Waals surface area contributed by atoms with Gasteiger partial charge in [-0.3, -0.25) is 4.79 Å². The Morgan fingerprint density at radius 2 is 0.725 bits per heavy atom. The molecule has 1 heterocycles. The maximum Gasteiger partial charge on any atom is 0.220 e. The summed E-state index contributed by atoms with van der Waals surface area (Å²) in [6.07, 6.45) is 54.7. The molecule has 7 atom stereocenters. The van der Waals surface area contributed by atoms with Crippen LogP contribution in [-0.2, 0) is 14.3 Å². The van der Waals surface area contributed by atoms with E-state index in [4.69, 9.17) is 9.47 Å². The topological polar surface area (TPSA) is 149 Å². The number of rotatable bonds is 54. The zero-order valence-corrected chi connectivity index (χ0v) is 45.9. The van der Waals surface area contributed by atoms with Crippen LogP contribution in [0, 0.1) is 0 Å². The van der Waals surface area contributed by atoms with Gasteiger partial charge in [0.2, 0.25) is 5.91 Å². The highest BCUT2D eigenvalue weighted by Crippen LogP contribution is 2.24. The molecule has 9 nitrogen and oxygen atoms in total. The molecule has 1 aliphatic rings. The van der Waals surface area contributed by atoms with Crippen LogP contribution >= 0.6 is 0 Å². The highest BCUT2D eigenvalue weighted by molar-refractivity contribution is 5.76. The van der Waals surface area contributed by atoms with Gasteiger partial charge in [0.05, 0.1) is 25.4 Å². The fourth-order valence-corrected chi connectivity index (χ4v) is 10.3. The Morgan fingerprint density at radius 3 is 1.03 bits per heavy atom. The number of ether oxygens (including phenoxy) is 2. The largest absolute Gasteiger partial charge is 0.394 e. The van der Waals surface area contributed by atoms with Gasteiger partial charge in [0.15, 0.2) is 6.29 Å². The number of hydrogen-bond donors (Lipinski definition) is 6. The van der Waals surface area contributed by atoms with E-state index in [-0.39, 0.29) is 12.5 Å². The third-order valence-electron chi connectivity index (χ3n) is 15.2. The van der Waals surface area contributed by atoms with Crippen molar-refractivity contribution >= 4 is 5.91 Å². The summed E-state index contributed by atoms with van der Waals surface area (Å²) in [6.45, 7) is 3.85. The number of aliphatic hydroxyl groups is 5. The molecule has 0 bridgehead atoms. The normalized spacial score (nSPS) is 19.3. The molecule has 69 heavy (non-hydrogen) atoms. The van der Waals surface area contributed by atoms with Gasteiger partial charge >= 0.3 is 0 Å². The summed E-state index contributed by atoms with van der Waals surface area (Å²) in [5.74, 6) is -0.138. The molecule has 2 unspecified atom stereocenters. The van der Waals surface area contributed by atoms with Gasteiger partial charge in [0.25, 0.3) is 0 Å². The highest BCUT2D eigenvalue weighted by Gasteiger charge is 2.44. The SMILES string of the molecule is CCCCCCCCCCCCCCCCCCCCCCCCCCCCCCCCCCCCCCC(=O)N[C@@H](CO[C@@H]1O[C@H](CO)[C@H](O)C(O)C1O)[C@H](O)CCCCCCCCCCCC. The second-order valence-electron chi connectivity index (χ2n) is 21.9. The van der Waals surface area contributed by atoms with E-state index < -0.39 is 49.5 Å². The maximum atomic E-state index is 13.0. The zero-order chi connectivity index (χ0) is 50.1. The average Bonchev–Trinajstić information content (AvgIpc) is 3.35. The maximum absolute atomic E-state index is 13.0. The Hall–Kier alpha value is -0.810. The third kappa shape index (κ3) is 40.3. The van der Waals surface area contributed by atoms with E-state index in [0.29, 0.717) is 12.8 Å². The molecule has 1 fully saturated rings. The standard InChI is InChI=1S/C60H119NO8/c1-3-5-7-9-11-13-15-16-17-18-19-20-21-22-23-24-25-26-27-28-29-30-31-32-33-34-35-36-37-38-39-40-42-44-46-48-50-56(64)61-53(52-68-60-59(67)58(66)57(65)55(51-62)69-60)54(63)49-47-45-43-41-14-12-10-8-6-4-2/h53-55,57-60,62-63,65-67H,3-52H2,1-2H3,(H,61,64)/t53-,54+,55+,57-,58?,59?,60+/m0/s1. The second-order valence-corrected chi connectivity index (χ2v) is 21.9. The van der Waals surface area contributed by atoms with Gasteiger partial charge in [-0.15, -0.1) is 0 Å². The van der Waals surface area contributed by atoms with Gasteiger partial charge in [-0.1, -0.05) is 303 Å². The zero-order valence-electron chi connectivity index (χ0n) is 45.9. The van der Waals surface area contributed by atoms with Crippen LogP contribution in [0.2, 0.25) is 0 Å². The monoisotopic (exact) mass is 982 g/mol. The molecule has 6 N–H and O–H groups in total. The average molecular weight is 983 g/mol. The van der Waals surface area contributed by atoms with E-state index in [1.54, 1.807) is 0 Å². The first kappa shape index (κ1) is 66.2. The number of aliphatic hydroxyl groups excluding tert-OH is 5. The summed E-state index contributed by atoms with van der Waals surface area (Å²) in [5, 5.41) is 54.5. The van der Waals surface area contributed by atoms with Crippen LogP contribution in [0.25, 0.3) is 0 Å². The molecule has 0 spiro atoms. The highest BCUT2D eigenvalue weighted by atomic mass is 16.7. The molecule has 0 aromatic carbocycles. The van der Waals surface area contributed by atoms with Gasteiger partial charge in [-0.2, -0.15) is 0 Å². The van der Waals surface area contributed by atoms with Gasteiger partial charge in [0.1, 0.15) is 24.4 Å². The first-order chi connectivity index (χ1) is 33.8. The number of carbonyl (C=O) groups excluding carboxylic acids is 1. The lowest BCUT2D eigenvalue weighted by Gasteiger charge is -2.40. The summed E-state index contributed by atoms with van der Waals surface area (Å²) in [4.78, 5) is 13.0. The minimum atomic E-state index is -1.55. The number of hydrogen-bond acceptors (Lipinski definition) is 8. The minimum Gasteiger partial charge on any atom is -0.394 e. The smallest absolute Gasteiger partial charge is 0.220 e. The van der Waals surface area contributed by atoms with Crippen molar-refractivity contribution in [1.29, 1.82) is 0 Å². The van der Waals surface area contributed by atoms with E-state index in [0.717, 1.165) is 38.5 Å². The van der Waals surface area contributed by atoms with E-state index >= 15 is 0 Å². The third-order valence-corrected chi connectivity index (χ3v) is 15.2. The Morgan fingerprint density at radius 1 is 0.435 bits per heavy atom. The Labute approximate surface area is 427 Å². The Bertz CT molecular complexity index is 1050. The van der Waals surface area contributed by atoms with Gasteiger partial charge < -0.3 is 40.3 Å². The second kappa shape index (κ2) is 50.7. The molecule has 9 heteroatoms. The summed E-state index contributed by atoms with van der Waals surface area (Å²) in [5.41, 5.74) is 0. The van der Waals surface area contributed by atoms with Crippen LogP contribution in [0.5, 0.6) is 0 Å². The summed E-state index contributed by atoms with van der Waals surface area (Å²) < 4.78 is 11.3. The molecular weight excluding hydrogens is 863 g/mol. The fourth-order valence-electron chi connectivity index (χ4n) is 10.3. The van der Waals surface area contributed by atoms with E-state index in [2.05, 4.69) is 19.2 Å². The van der Waals surface area contributed by atoms with Crippen molar-refractivity contribution in [1.82, 2.24) is 5.32 Å². The van der Waals surface area contributed by atoms with Crippen LogP contribution in [0.4, 0.5) is 0 Å². The molecule has 0 aromatic rings. The summed E-state index contributed by atoms with van der Waals surface area (Å²) in [6, 6.07) is -0.712. The molecule has 1 aliphatic heterocycles. The summed E-state index contributed by atoms with van der Waals surface area (Å²) in [7, 11) is 0. The van der Waals surface area contributed by atoms with Gasteiger partial charge in [-0.05, 0) is 12.8 Å². The van der Waals surface area contributed by atoms with Gasteiger partial charge in [-0.25, -0.2) is 0 Å². The Balaban J connectivity index is 1.99. The van der Waals surface area contributed by atoms with E-state index in [9.17, 15) is 30.3 Å². The van der Waals surface area contributed by atoms with Crippen LogP contribution in [0.15, 0.2) is 0 Å². The molecular formula is C60H119NO8. The van der Waals surface area contributed by atoms with Crippen LogP contribution < -0.4 is 5.32 Å². The van der Waals surface area contributed by atoms with Crippen molar-refractivity contribution in [3.05, 3.63) is 0 Å². The lowest BCUT2D eigenvalue weighted by atomic mass is 9.99. The molecule has 0 aliphatic carbocycles. The molecule has 412 valence electrons. The number of nitrogens with one attached hydrogen (secondary N) is 1. The first-order valence-corrected chi connectivity index (χ1v) is 30.7. The lowest BCUT2D eigenvalue weighted by Crippen LogP contribution is -2.60. The molecule has 1 saturated heterocycles. The molecule has 0 radical (unpaired) electrons. The Kier molecular flexibility index (Phi) is 48.7. The molecule has 0 saturated carbocycles. The summed E-state index contributed by atoms with van der Waals surface area (Å²) >= 11 is 0. The molecule has 1 amide bonds. The van der Waals surface area contributed by atoms with E-state index in [1.165, 1.54) is 257 Å². The van der Waals surface area contributed by atoms with Crippen LogP contribution in [0.1, 0.15) is 322 Å². The van der Waals surface area contributed by atoms with Crippen molar-refractivity contribution in [2.24, 2.45) is 0 Å². The predicted octanol–water partition coefficient (Wildman–Crippen LogP) is 15.4. The number of amides is 1.